The normalized spacial score (nSPS) is 12.3. The Labute approximate surface area is 136 Å². The summed E-state index contributed by atoms with van der Waals surface area (Å²) in [6.45, 7) is 4.14. The topological polar surface area (TPSA) is 21.3 Å². The van der Waals surface area contributed by atoms with Crippen LogP contribution in [-0.4, -0.2) is 20.2 Å². The van der Waals surface area contributed by atoms with Gasteiger partial charge in [0.1, 0.15) is 5.75 Å². The Balaban J connectivity index is 2.08. The van der Waals surface area contributed by atoms with E-state index in [-0.39, 0.29) is 0 Å². The van der Waals surface area contributed by atoms with E-state index < -0.39 is 0 Å². The number of ether oxygens (including phenoxy) is 1. The molecule has 1 aromatic carbocycles. The summed E-state index contributed by atoms with van der Waals surface area (Å²) in [4.78, 5) is 1.35. The first-order chi connectivity index (χ1) is 10.2. The largest absolute Gasteiger partial charge is 0.496 e. The van der Waals surface area contributed by atoms with Gasteiger partial charge in [-0.05, 0) is 55.6 Å². The Morgan fingerprint density at radius 3 is 2.67 bits per heavy atom. The molecule has 1 unspecified atom stereocenters. The third-order valence-electron chi connectivity index (χ3n) is 3.50. The molecule has 2 aromatic rings. The fraction of sp³-hybridized carbons (Fsp3) is 0.412. The molecule has 0 amide bonds. The van der Waals surface area contributed by atoms with Crippen LogP contribution in [0.4, 0.5) is 0 Å². The van der Waals surface area contributed by atoms with Crippen LogP contribution in [0.5, 0.6) is 5.75 Å². The first-order valence-corrected chi connectivity index (χ1v) is 8.49. The number of para-hydroxylation sites is 1. The van der Waals surface area contributed by atoms with E-state index in [1.807, 2.05) is 18.2 Å². The van der Waals surface area contributed by atoms with Crippen molar-refractivity contribution < 1.29 is 4.74 Å². The molecule has 1 aromatic heterocycles. The number of hydrogen-bond acceptors (Lipinski definition) is 3. The van der Waals surface area contributed by atoms with E-state index in [2.05, 4.69) is 30.4 Å². The van der Waals surface area contributed by atoms with Gasteiger partial charge in [-0.15, -0.1) is 11.3 Å². The van der Waals surface area contributed by atoms with Crippen LogP contribution in [0.1, 0.15) is 17.4 Å². The number of benzene rings is 1. The first-order valence-electron chi connectivity index (χ1n) is 7.29. The summed E-state index contributed by atoms with van der Waals surface area (Å²) < 4.78 is 6.33. The Morgan fingerprint density at radius 1 is 1.19 bits per heavy atom. The van der Waals surface area contributed by atoms with E-state index in [0.717, 1.165) is 36.0 Å². The van der Waals surface area contributed by atoms with Gasteiger partial charge >= 0.3 is 0 Å². The molecule has 2 nitrogen and oxygen atoms in total. The second-order valence-electron chi connectivity index (χ2n) is 5.10. The van der Waals surface area contributed by atoms with Gasteiger partial charge in [-0.2, -0.15) is 0 Å². The van der Waals surface area contributed by atoms with Crippen molar-refractivity contribution in [3.63, 3.8) is 0 Å². The second kappa shape index (κ2) is 8.42. The second-order valence-corrected chi connectivity index (χ2v) is 6.90. The van der Waals surface area contributed by atoms with Gasteiger partial charge in [0, 0.05) is 4.88 Å². The van der Waals surface area contributed by atoms with Gasteiger partial charge in [0.2, 0.25) is 0 Å². The van der Waals surface area contributed by atoms with E-state index in [9.17, 15) is 0 Å². The van der Waals surface area contributed by atoms with Gasteiger partial charge in [0.25, 0.3) is 0 Å². The highest BCUT2D eigenvalue weighted by atomic mass is 35.5. The number of halogens is 1. The predicted octanol–water partition coefficient (Wildman–Crippen LogP) is 4.42. The quantitative estimate of drug-likeness (QED) is 0.776. The lowest BCUT2D eigenvalue weighted by Gasteiger charge is -2.18. The molecule has 0 aliphatic rings. The fourth-order valence-corrected chi connectivity index (χ4v) is 3.70. The number of thiophene rings is 1. The highest BCUT2D eigenvalue weighted by molar-refractivity contribution is 7.16. The molecule has 0 saturated carbocycles. The van der Waals surface area contributed by atoms with Crippen LogP contribution in [0.25, 0.3) is 0 Å². The third kappa shape index (κ3) is 5.03. The molecule has 0 fully saturated rings. The van der Waals surface area contributed by atoms with Gasteiger partial charge in [0.15, 0.2) is 0 Å². The lowest BCUT2D eigenvalue weighted by Crippen LogP contribution is -2.25. The van der Waals surface area contributed by atoms with Crippen molar-refractivity contribution in [2.45, 2.75) is 19.8 Å². The van der Waals surface area contributed by atoms with Crippen molar-refractivity contribution in [3.8, 4) is 5.75 Å². The molecule has 1 N–H and O–H groups in total. The van der Waals surface area contributed by atoms with E-state index in [0.29, 0.717) is 5.92 Å². The molecule has 0 saturated heterocycles. The van der Waals surface area contributed by atoms with Crippen LogP contribution in [0.15, 0.2) is 36.4 Å². The number of hydrogen-bond donors (Lipinski definition) is 1. The van der Waals surface area contributed by atoms with E-state index >= 15 is 0 Å². The van der Waals surface area contributed by atoms with E-state index in [1.165, 1.54) is 10.4 Å². The first kappa shape index (κ1) is 16.3. The van der Waals surface area contributed by atoms with Crippen LogP contribution >= 0.6 is 22.9 Å². The molecule has 0 bridgehead atoms. The minimum Gasteiger partial charge on any atom is -0.496 e. The van der Waals surface area contributed by atoms with Crippen LogP contribution in [0.2, 0.25) is 4.34 Å². The van der Waals surface area contributed by atoms with Gasteiger partial charge in [-0.1, -0.05) is 36.7 Å². The van der Waals surface area contributed by atoms with Crippen LogP contribution in [-0.2, 0) is 12.8 Å². The maximum Gasteiger partial charge on any atom is 0.122 e. The summed E-state index contributed by atoms with van der Waals surface area (Å²) in [6.07, 6.45) is 2.05. The summed E-state index contributed by atoms with van der Waals surface area (Å²) in [5, 5.41) is 3.46. The fourth-order valence-electron chi connectivity index (χ4n) is 2.49. The molecule has 114 valence electrons. The summed E-state index contributed by atoms with van der Waals surface area (Å²) in [6, 6.07) is 12.4. The number of nitrogens with one attached hydrogen (secondary N) is 1. The summed E-state index contributed by atoms with van der Waals surface area (Å²) in [7, 11) is 1.73. The number of rotatable bonds is 8. The van der Waals surface area contributed by atoms with Gasteiger partial charge in [-0.25, -0.2) is 0 Å². The van der Waals surface area contributed by atoms with Crippen LogP contribution in [0, 0.1) is 5.92 Å². The van der Waals surface area contributed by atoms with Gasteiger partial charge < -0.3 is 10.1 Å². The molecule has 0 spiro atoms. The Bertz CT molecular complexity index is 555. The molecule has 0 aliphatic carbocycles. The zero-order chi connectivity index (χ0) is 15.1. The molecule has 0 aliphatic heterocycles. The van der Waals surface area contributed by atoms with Gasteiger partial charge in [0.05, 0.1) is 11.4 Å². The summed E-state index contributed by atoms with van der Waals surface area (Å²) in [5.41, 5.74) is 1.27. The van der Waals surface area contributed by atoms with Crippen molar-refractivity contribution in [2.24, 2.45) is 5.92 Å². The lowest BCUT2D eigenvalue weighted by molar-refractivity contribution is 0.401. The zero-order valence-corrected chi connectivity index (χ0v) is 14.1. The smallest absolute Gasteiger partial charge is 0.122 e. The Hall–Kier alpha value is -1.03. The zero-order valence-electron chi connectivity index (χ0n) is 12.6. The summed E-state index contributed by atoms with van der Waals surface area (Å²) in [5.74, 6) is 1.51. The maximum atomic E-state index is 6.04. The van der Waals surface area contributed by atoms with E-state index in [4.69, 9.17) is 16.3 Å². The highest BCUT2D eigenvalue weighted by Crippen LogP contribution is 2.27. The predicted molar refractivity (Wildman–Crippen MR) is 91.8 cm³/mol. The third-order valence-corrected chi connectivity index (χ3v) is 4.76. The minimum absolute atomic E-state index is 0.538. The molecule has 4 heteroatoms. The molecule has 2 rings (SSSR count). The molecule has 21 heavy (non-hydrogen) atoms. The van der Waals surface area contributed by atoms with Crippen LogP contribution < -0.4 is 10.1 Å². The Morgan fingerprint density at radius 2 is 2.00 bits per heavy atom. The molecule has 1 heterocycles. The van der Waals surface area contributed by atoms with Crippen molar-refractivity contribution in [1.82, 2.24) is 5.32 Å². The SMILES string of the molecule is CCNCC(Cc1ccc(Cl)s1)Cc1ccccc1OC. The lowest BCUT2D eigenvalue weighted by atomic mass is 9.94. The minimum atomic E-state index is 0.538. The average Bonchev–Trinajstić information content (AvgIpc) is 2.90. The highest BCUT2D eigenvalue weighted by Gasteiger charge is 2.14. The molecule has 0 radical (unpaired) electrons. The van der Waals surface area contributed by atoms with Crippen LogP contribution in [0.3, 0.4) is 0 Å². The Kier molecular flexibility index (Phi) is 6.55. The standard InChI is InChI=1S/C17H22ClNOS/c1-3-19-12-13(11-15-8-9-17(18)21-15)10-14-6-4-5-7-16(14)20-2/h4-9,13,19H,3,10-12H2,1-2H3. The van der Waals surface area contributed by atoms with Crippen molar-refractivity contribution in [3.05, 3.63) is 51.2 Å². The van der Waals surface area contributed by atoms with Crippen molar-refractivity contribution >= 4 is 22.9 Å². The molecular formula is C17H22ClNOS. The summed E-state index contributed by atoms with van der Waals surface area (Å²) >= 11 is 7.72. The van der Waals surface area contributed by atoms with Gasteiger partial charge in [-0.3, -0.25) is 0 Å². The van der Waals surface area contributed by atoms with E-state index in [1.54, 1.807) is 18.4 Å². The number of methoxy groups -OCH3 is 1. The van der Waals surface area contributed by atoms with Crippen molar-refractivity contribution in [1.29, 1.82) is 0 Å². The maximum absolute atomic E-state index is 6.04. The molecule has 1 atom stereocenters. The average molecular weight is 324 g/mol. The monoisotopic (exact) mass is 323 g/mol. The molecular weight excluding hydrogens is 302 g/mol. The van der Waals surface area contributed by atoms with Crippen molar-refractivity contribution in [2.75, 3.05) is 20.2 Å².